The van der Waals surface area contributed by atoms with E-state index in [0.717, 1.165) is 23.3 Å². The highest BCUT2D eigenvalue weighted by molar-refractivity contribution is 5.94. The number of benzene rings is 6. The Bertz CT molecular complexity index is 2700. The predicted octanol–water partition coefficient (Wildman–Crippen LogP) is 17.0. The van der Waals surface area contributed by atoms with Crippen LogP contribution in [0.2, 0.25) is 0 Å². The molecule has 64 heavy (non-hydrogen) atoms. The molecule has 326 valence electrons. The van der Waals surface area contributed by atoms with Crippen molar-refractivity contribution in [3.05, 3.63) is 161 Å². The molecular weight excluding hydrogens is 775 g/mol. The van der Waals surface area contributed by atoms with Crippen molar-refractivity contribution in [1.29, 1.82) is 0 Å². The van der Waals surface area contributed by atoms with E-state index >= 15 is 0 Å². The number of para-hydroxylation sites is 3. The van der Waals surface area contributed by atoms with Crippen LogP contribution >= 0.6 is 0 Å². The highest BCUT2D eigenvalue weighted by Gasteiger charge is 2.61. The van der Waals surface area contributed by atoms with E-state index in [9.17, 15) is 0 Å². The molecule has 4 saturated carbocycles. The second kappa shape index (κ2) is 14.0. The molecule has 2 heteroatoms. The predicted molar refractivity (Wildman–Crippen MR) is 267 cm³/mol. The Morgan fingerprint density at radius 2 is 0.859 bits per heavy atom. The van der Waals surface area contributed by atoms with Gasteiger partial charge in [-0.05, 0) is 173 Å². The van der Waals surface area contributed by atoms with E-state index in [1.807, 2.05) is 0 Å². The summed E-state index contributed by atoms with van der Waals surface area (Å²) in [6, 6.07) is 49.7. The van der Waals surface area contributed by atoms with Crippen molar-refractivity contribution in [2.24, 2.45) is 23.7 Å². The molecule has 0 aromatic heterocycles. The van der Waals surface area contributed by atoms with Gasteiger partial charge in [0, 0.05) is 33.4 Å². The fraction of sp³-hybridized carbons (Fsp3) is 0.419. The summed E-state index contributed by atoms with van der Waals surface area (Å²) in [7, 11) is 0. The third-order valence-electron chi connectivity index (χ3n) is 18.3. The number of ether oxygens (including phenoxy) is 1. The number of hydrogen-bond acceptors (Lipinski definition) is 2. The minimum atomic E-state index is -0.0495. The maximum absolute atomic E-state index is 7.00. The molecule has 4 fully saturated rings. The summed E-state index contributed by atoms with van der Waals surface area (Å²) in [6.07, 6.45) is 11.6. The Labute approximate surface area is 383 Å². The van der Waals surface area contributed by atoms with Crippen LogP contribution in [-0.2, 0) is 27.1 Å². The number of nitrogens with zero attached hydrogens (tertiary/aromatic N) is 1. The minimum Gasteiger partial charge on any atom is -0.457 e. The van der Waals surface area contributed by atoms with Gasteiger partial charge in [-0.25, -0.2) is 0 Å². The van der Waals surface area contributed by atoms with Crippen molar-refractivity contribution in [1.82, 2.24) is 0 Å². The lowest BCUT2D eigenvalue weighted by molar-refractivity contribution is -0.0452. The maximum atomic E-state index is 7.00. The van der Waals surface area contributed by atoms with Crippen molar-refractivity contribution in [2.75, 3.05) is 4.90 Å². The van der Waals surface area contributed by atoms with Crippen molar-refractivity contribution in [2.45, 2.75) is 140 Å². The Morgan fingerprint density at radius 1 is 0.406 bits per heavy atom. The van der Waals surface area contributed by atoms with E-state index in [1.54, 1.807) is 0 Å². The van der Waals surface area contributed by atoms with Gasteiger partial charge in [0.1, 0.15) is 11.5 Å². The standard InChI is InChI=1S/C62H67NO/c1-58(2)27-29-60(5,6)51-36-41(21-24-48(51)58)46-15-9-12-18-54(46)63(55-19-13-10-16-47(55)42-22-25-49-52(37-42)61(7,8)30-28-59(49,3)4)45-23-26-57-53(38-45)62(50-17-11-14-20-56(50)64-57)43-32-39-31-40(34-43)35-44(62)33-39/h9-26,36-40,43-44H,27-35H2,1-8H3. The fourth-order valence-corrected chi connectivity index (χ4v) is 14.8. The second-order valence-corrected chi connectivity index (χ2v) is 23.9. The van der Waals surface area contributed by atoms with Crippen LogP contribution in [0, 0.1) is 23.7 Å². The van der Waals surface area contributed by atoms with Crippen LogP contribution in [0.25, 0.3) is 22.3 Å². The van der Waals surface area contributed by atoms with Gasteiger partial charge in [0.15, 0.2) is 0 Å². The van der Waals surface area contributed by atoms with Crippen LogP contribution in [0.15, 0.2) is 127 Å². The van der Waals surface area contributed by atoms with Crippen LogP contribution < -0.4 is 9.64 Å². The first-order chi connectivity index (χ1) is 30.6. The van der Waals surface area contributed by atoms with Gasteiger partial charge in [0.2, 0.25) is 0 Å². The van der Waals surface area contributed by atoms with Gasteiger partial charge in [0.25, 0.3) is 0 Å². The van der Waals surface area contributed by atoms with Crippen LogP contribution in [0.5, 0.6) is 11.5 Å². The van der Waals surface area contributed by atoms with E-state index in [0.29, 0.717) is 11.8 Å². The number of hydrogen-bond donors (Lipinski definition) is 0. The molecule has 0 amide bonds. The molecule has 0 saturated heterocycles. The largest absolute Gasteiger partial charge is 0.457 e. The lowest BCUT2D eigenvalue weighted by Gasteiger charge is -2.63. The van der Waals surface area contributed by atoms with Crippen molar-refractivity contribution in [3.63, 3.8) is 0 Å². The van der Waals surface area contributed by atoms with Crippen molar-refractivity contribution >= 4 is 17.1 Å². The average Bonchev–Trinajstić information content (AvgIpc) is 3.28. The van der Waals surface area contributed by atoms with Crippen LogP contribution in [0.1, 0.15) is 147 Å². The van der Waals surface area contributed by atoms with Gasteiger partial charge in [-0.15, -0.1) is 0 Å². The monoisotopic (exact) mass is 842 g/mol. The summed E-state index contributed by atoms with van der Waals surface area (Å²) in [5.41, 5.74) is 18.0. The maximum Gasteiger partial charge on any atom is 0.131 e. The van der Waals surface area contributed by atoms with Crippen LogP contribution in [-0.4, -0.2) is 0 Å². The van der Waals surface area contributed by atoms with E-state index in [-0.39, 0.29) is 27.1 Å². The molecular formula is C62H67NO. The van der Waals surface area contributed by atoms with E-state index in [2.05, 4.69) is 188 Å². The molecule has 6 aromatic rings. The molecule has 13 rings (SSSR count). The Morgan fingerprint density at radius 3 is 1.39 bits per heavy atom. The SMILES string of the molecule is CC1(C)CCC(C)(C)c2cc(-c3ccccc3N(c3ccc4c(c3)C3(c5ccccc5O4)C4CC5CC(C4)CC3C5)c3ccccc3-c3ccc4c(c3)C(C)(C)CCC4(C)C)ccc21. The average molecular weight is 842 g/mol. The second-order valence-electron chi connectivity index (χ2n) is 23.9. The van der Waals surface area contributed by atoms with E-state index in [1.165, 1.54) is 130 Å². The Balaban J connectivity index is 1.10. The molecule has 2 nitrogen and oxygen atoms in total. The molecule has 1 aliphatic heterocycles. The normalized spacial score (nSPS) is 26.9. The molecule has 7 aliphatic rings. The number of rotatable bonds is 5. The van der Waals surface area contributed by atoms with Crippen molar-refractivity contribution < 1.29 is 4.74 Å². The zero-order chi connectivity index (χ0) is 44.0. The smallest absolute Gasteiger partial charge is 0.131 e. The van der Waals surface area contributed by atoms with E-state index < -0.39 is 0 Å². The fourth-order valence-electron chi connectivity index (χ4n) is 14.8. The zero-order valence-corrected chi connectivity index (χ0v) is 39.7. The summed E-state index contributed by atoms with van der Waals surface area (Å²) in [6.45, 7) is 19.5. The molecule has 6 aliphatic carbocycles. The highest BCUT2D eigenvalue weighted by Crippen LogP contribution is 2.69. The lowest BCUT2D eigenvalue weighted by Crippen LogP contribution is -2.57. The quantitative estimate of drug-likeness (QED) is 0.171. The lowest BCUT2D eigenvalue weighted by atomic mass is 9.42. The molecule has 0 N–H and O–H groups in total. The van der Waals surface area contributed by atoms with Gasteiger partial charge >= 0.3 is 0 Å². The highest BCUT2D eigenvalue weighted by atomic mass is 16.5. The number of anilines is 3. The summed E-state index contributed by atoms with van der Waals surface area (Å²) in [5.74, 6) is 5.10. The first-order valence-corrected chi connectivity index (χ1v) is 24.8. The third-order valence-corrected chi connectivity index (χ3v) is 18.3. The van der Waals surface area contributed by atoms with Gasteiger partial charge in [-0.2, -0.15) is 0 Å². The van der Waals surface area contributed by atoms with Gasteiger partial charge < -0.3 is 9.64 Å². The van der Waals surface area contributed by atoms with E-state index in [4.69, 9.17) is 4.74 Å². The first kappa shape index (κ1) is 40.4. The molecule has 1 heterocycles. The third kappa shape index (κ3) is 5.95. The topological polar surface area (TPSA) is 12.5 Å². The van der Waals surface area contributed by atoms with Crippen molar-refractivity contribution in [3.8, 4) is 33.8 Å². The molecule has 1 spiro atoms. The summed E-state index contributed by atoms with van der Waals surface area (Å²) in [4.78, 5) is 2.62. The molecule has 0 atom stereocenters. The molecule has 4 bridgehead atoms. The molecule has 0 radical (unpaired) electrons. The molecule has 0 unspecified atom stereocenters. The van der Waals surface area contributed by atoms with Gasteiger partial charge in [-0.1, -0.05) is 146 Å². The first-order valence-electron chi connectivity index (χ1n) is 24.8. The van der Waals surface area contributed by atoms with Gasteiger partial charge in [0.05, 0.1) is 11.4 Å². The Hall–Kier alpha value is -5.08. The molecule has 6 aromatic carbocycles. The van der Waals surface area contributed by atoms with Crippen LogP contribution in [0.4, 0.5) is 17.1 Å². The minimum absolute atomic E-state index is 0.0495. The number of fused-ring (bicyclic) bond motifs is 4. The Kier molecular flexibility index (Phi) is 8.82. The van der Waals surface area contributed by atoms with Crippen LogP contribution in [0.3, 0.4) is 0 Å². The zero-order valence-electron chi connectivity index (χ0n) is 39.7. The summed E-state index contributed by atoms with van der Waals surface area (Å²) < 4.78 is 7.00. The summed E-state index contributed by atoms with van der Waals surface area (Å²) in [5, 5.41) is 0. The summed E-state index contributed by atoms with van der Waals surface area (Å²) >= 11 is 0. The van der Waals surface area contributed by atoms with Gasteiger partial charge in [-0.3, -0.25) is 0 Å².